The van der Waals surface area contributed by atoms with Gasteiger partial charge in [-0.05, 0) is 29.9 Å². The summed E-state index contributed by atoms with van der Waals surface area (Å²) in [5.74, 6) is 0.320. The first-order chi connectivity index (χ1) is 11.8. The van der Waals surface area contributed by atoms with E-state index in [1.807, 2.05) is 48.5 Å². The molecule has 0 bridgehead atoms. The molecule has 2 aromatic rings. The molecule has 1 fully saturated rings. The second kappa shape index (κ2) is 8.11. The van der Waals surface area contributed by atoms with Gasteiger partial charge in [-0.25, -0.2) is 0 Å². The molecule has 24 heavy (non-hydrogen) atoms. The molecule has 2 N–H and O–H groups in total. The molecule has 126 valence electrons. The summed E-state index contributed by atoms with van der Waals surface area (Å²) in [5.41, 5.74) is 2.19. The Bertz CT molecular complexity index is 641. The van der Waals surface area contributed by atoms with Crippen LogP contribution in [0, 0.1) is 5.92 Å². The molecule has 0 radical (unpaired) electrons. The SMILES string of the molecule is O=C(N[C@@H](CO)c1ccccc1)[C@H]1CCCC[C@@H]1c1ccccc1. The Morgan fingerprint density at radius 2 is 1.62 bits per heavy atom. The highest BCUT2D eigenvalue weighted by atomic mass is 16.3. The molecular weight excluding hydrogens is 298 g/mol. The summed E-state index contributed by atoms with van der Waals surface area (Å²) in [6, 6.07) is 19.7. The number of hydrogen-bond donors (Lipinski definition) is 2. The third kappa shape index (κ3) is 3.85. The van der Waals surface area contributed by atoms with Gasteiger partial charge in [-0.1, -0.05) is 73.5 Å². The van der Waals surface area contributed by atoms with Crippen molar-refractivity contribution >= 4 is 5.91 Å². The van der Waals surface area contributed by atoms with E-state index in [0.29, 0.717) is 0 Å². The lowest BCUT2D eigenvalue weighted by Gasteiger charge is -2.32. The largest absolute Gasteiger partial charge is 0.394 e. The van der Waals surface area contributed by atoms with E-state index >= 15 is 0 Å². The minimum atomic E-state index is -0.336. The van der Waals surface area contributed by atoms with E-state index in [0.717, 1.165) is 24.8 Å². The van der Waals surface area contributed by atoms with Crippen molar-refractivity contribution < 1.29 is 9.90 Å². The number of hydrogen-bond acceptors (Lipinski definition) is 2. The van der Waals surface area contributed by atoms with Crippen molar-refractivity contribution in [2.24, 2.45) is 5.92 Å². The maximum absolute atomic E-state index is 12.9. The Hall–Kier alpha value is -2.13. The summed E-state index contributed by atoms with van der Waals surface area (Å²) in [7, 11) is 0. The molecule has 3 heteroatoms. The van der Waals surface area contributed by atoms with E-state index in [-0.39, 0.29) is 30.4 Å². The fourth-order valence-electron chi connectivity index (χ4n) is 3.74. The molecule has 1 amide bonds. The zero-order valence-corrected chi connectivity index (χ0v) is 13.9. The van der Waals surface area contributed by atoms with Crippen LogP contribution >= 0.6 is 0 Å². The topological polar surface area (TPSA) is 49.3 Å². The number of carbonyl (C=O) groups is 1. The molecule has 3 rings (SSSR count). The number of carbonyl (C=O) groups excluding carboxylic acids is 1. The van der Waals surface area contributed by atoms with Gasteiger partial charge in [-0.2, -0.15) is 0 Å². The first-order valence-electron chi connectivity index (χ1n) is 8.80. The van der Waals surface area contributed by atoms with Gasteiger partial charge in [0.25, 0.3) is 0 Å². The minimum Gasteiger partial charge on any atom is -0.394 e. The Morgan fingerprint density at radius 1 is 1.00 bits per heavy atom. The molecule has 0 spiro atoms. The Balaban J connectivity index is 1.74. The lowest BCUT2D eigenvalue weighted by molar-refractivity contribution is -0.127. The highest BCUT2D eigenvalue weighted by Gasteiger charge is 2.32. The fraction of sp³-hybridized carbons (Fsp3) is 0.381. The maximum atomic E-state index is 12.9. The summed E-state index contributed by atoms with van der Waals surface area (Å²) in [6.07, 6.45) is 4.23. The highest BCUT2D eigenvalue weighted by Crippen LogP contribution is 2.38. The van der Waals surface area contributed by atoms with Crippen LogP contribution in [0.5, 0.6) is 0 Å². The molecule has 0 unspecified atom stereocenters. The summed E-state index contributed by atoms with van der Waals surface area (Å²) in [6.45, 7) is -0.0848. The molecule has 0 heterocycles. The van der Waals surface area contributed by atoms with Crippen molar-refractivity contribution in [3.8, 4) is 0 Å². The van der Waals surface area contributed by atoms with Gasteiger partial charge in [0, 0.05) is 5.92 Å². The summed E-state index contributed by atoms with van der Waals surface area (Å²) in [4.78, 5) is 12.9. The molecule has 1 aliphatic carbocycles. The minimum absolute atomic E-state index is 0.0149. The van der Waals surface area contributed by atoms with Gasteiger partial charge >= 0.3 is 0 Å². The molecule has 0 aromatic heterocycles. The van der Waals surface area contributed by atoms with Gasteiger partial charge in [0.15, 0.2) is 0 Å². The normalized spacial score (nSPS) is 21.9. The van der Waals surface area contributed by atoms with E-state index in [1.165, 1.54) is 12.0 Å². The summed E-state index contributed by atoms with van der Waals surface area (Å²) < 4.78 is 0. The van der Waals surface area contributed by atoms with Crippen molar-refractivity contribution in [1.82, 2.24) is 5.32 Å². The lowest BCUT2D eigenvalue weighted by Crippen LogP contribution is -2.39. The zero-order valence-electron chi connectivity index (χ0n) is 13.9. The molecule has 0 saturated heterocycles. The molecule has 1 aliphatic rings. The van der Waals surface area contributed by atoms with Crippen LogP contribution in [-0.4, -0.2) is 17.6 Å². The summed E-state index contributed by atoms with van der Waals surface area (Å²) >= 11 is 0. The van der Waals surface area contributed by atoms with E-state index in [1.54, 1.807) is 0 Å². The number of nitrogens with one attached hydrogen (secondary N) is 1. The zero-order chi connectivity index (χ0) is 16.8. The third-order valence-electron chi connectivity index (χ3n) is 5.03. The number of rotatable bonds is 5. The van der Waals surface area contributed by atoms with Gasteiger partial charge in [0.2, 0.25) is 5.91 Å². The number of aliphatic hydroxyl groups is 1. The van der Waals surface area contributed by atoms with Crippen molar-refractivity contribution in [3.05, 3.63) is 71.8 Å². The van der Waals surface area contributed by atoms with E-state index < -0.39 is 0 Å². The van der Waals surface area contributed by atoms with Crippen LogP contribution in [-0.2, 0) is 4.79 Å². The van der Waals surface area contributed by atoms with Gasteiger partial charge in [-0.15, -0.1) is 0 Å². The molecule has 0 aliphatic heterocycles. The first-order valence-corrected chi connectivity index (χ1v) is 8.80. The smallest absolute Gasteiger partial charge is 0.224 e. The van der Waals surface area contributed by atoms with Crippen LogP contribution in [0.1, 0.15) is 48.8 Å². The predicted octanol–water partition coefficient (Wildman–Crippen LogP) is 3.81. The fourth-order valence-corrected chi connectivity index (χ4v) is 3.74. The monoisotopic (exact) mass is 323 g/mol. The first kappa shape index (κ1) is 16.7. The van der Waals surface area contributed by atoms with Crippen LogP contribution in [0.15, 0.2) is 60.7 Å². The molecule has 2 aromatic carbocycles. The summed E-state index contributed by atoms with van der Waals surface area (Å²) in [5, 5.41) is 12.8. The number of amides is 1. The number of aliphatic hydroxyl groups excluding tert-OH is 1. The second-order valence-corrected chi connectivity index (χ2v) is 6.56. The van der Waals surface area contributed by atoms with Crippen molar-refractivity contribution in [3.63, 3.8) is 0 Å². The molecular formula is C21H25NO2. The average Bonchev–Trinajstić information content (AvgIpc) is 2.67. The Labute approximate surface area is 143 Å². The quantitative estimate of drug-likeness (QED) is 0.879. The van der Waals surface area contributed by atoms with Gasteiger partial charge in [-0.3, -0.25) is 4.79 Å². The average molecular weight is 323 g/mol. The predicted molar refractivity (Wildman–Crippen MR) is 95.6 cm³/mol. The number of benzene rings is 2. The van der Waals surface area contributed by atoms with Crippen molar-refractivity contribution in [2.75, 3.05) is 6.61 Å². The van der Waals surface area contributed by atoms with Crippen LogP contribution in [0.4, 0.5) is 0 Å². The lowest BCUT2D eigenvalue weighted by atomic mass is 9.75. The van der Waals surface area contributed by atoms with Gasteiger partial charge in [0.1, 0.15) is 0 Å². The molecule has 1 saturated carbocycles. The standard InChI is InChI=1S/C21H25NO2/c23-15-20(17-11-5-2-6-12-17)22-21(24)19-14-8-7-13-18(19)16-9-3-1-4-10-16/h1-6,9-12,18-20,23H,7-8,13-15H2,(H,22,24)/t18-,19+,20+/m1/s1. The Morgan fingerprint density at radius 3 is 2.29 bits per heavy atom. The Kier molecular flexibility index (Phi) is 5.65. The van der Waals surface area contributed by atoms with E-state index in [4.69, 9.17) is 0 Å². The van der Waals surface area contributed by atoms with Crippen LogP contribution in [0.25, 0.3) is 0 Å². The van der Waals surface area contributed by atoms with Gasteiger partial charge < -0.3 is 10.4 Å². The highest BCUT2D eigenvalue weighted by molar-refractivity contribution is 5.80. The third-order valence-corrected chi connectivity index (χ3v) is 5.03. The van der Waals surface area contributed by atoms with E-state index in [9.17, 15) is 9.90 Å². The second-order valence-electron chi connectivity index (χ2n) is 6.56. The molecule has 3 atom stereocenters. The van der Waals surface area contributed by atoms with Crippen LogP contribution in [0.2, 0.25) is 0 Å². The van der Waals surface area contributed by atoms with Crippen molar-refractivity contribution in [1.29, 1.82) is 0 Å². The van der Waals surface area contributed by atoms with Crippen molar-refractivity contribution in [2.45, 2.75) is 37.6 Å². The van der Waals surface area contributed by atoms with Crippen LogP contribution < -0.4 is 5.32 Å². The van der Waals surface area contributed by atoms with E-state index in [2.05, 4.69) is 17.4 Å². The molecule has 3 nitrogen and oxygen atoms in total. The van der Waals surface area contributed by atoms with Gasteiger partial charge in [0.05, 0.1) is 12.6 Å². The maximum Gasteiger partial charge on any atom is 0.224 e. The van der Waals surface area contributed by atoms with Crippen LogP contribution in [0.3, 0.4) is 0 Å².